The van der Waals surface area contributed by atoms with Crippen LogP contribution in [0.25, 0.3) is 0 Å². The highest BCUT2D eigenvalue weighted by atomic mass is 16.6. The molecule has 24 heavy (non-hydrogen) atoms. The zero-order valence-electron chi connectivity index (χ0n) is 13.9. The van der Waals surface area contributed by atoms with Gasteiger partial charge in [-0.15, -0.1) is 0 Å². The number of nitro groups is 3. The second kappa shape index (κ2) is 8.72. The summed E-state index contributed by atoms with van der Waals surface area (Å²) in [4.78, 5) is 27.5. The van der Waals surface area contributed by atoms with Crippen LogP contribution in [0.3, 0.4) is 0 Å². The smallest absolute Gasteiger partial charge is 0.283 e. The van der Waals surface area contributed by atoms with Gasteiger partial charge in [-0.05, 0) is 20.8 Å². The minimum atomic E-state index is -1.46. The van der Waals surface area contributed by atoms with Crippen molar-refractivity contribution in [1.82, 2.24) is 0 Å². The summed E-state index contributed by atoms with van der Waals surface area (Å²) in [6.45, 7) is 10.5. The molecule has 0 bridgehead atoms. The van der Waals surface area contributed by atoms with Crippen LogP contribution in [0.5, 0.6) is 5.75 Å². The van der Waals surface area contributed by atoms with Crippen molar-refractivity contribution in [2.45, 2.75) is 20.8 Å². The van der Waals surface area contributed by atoms with Gasteiger partial charge in [0.05, 0.1) is 59.3 Å². The summed E-state index contributed by atoms with van der Waals surface area (Å²) in [5.41, 5.74) is -3.26. The molecule has 1 aromatic rings. The molecule has 0 fully saturated rings. The summed E-state index contributed by atoms with van der Waals surface area (Å²) < 4.78 is 1.21. The zero-order chi connectivity index (χ0) is 19.1. The van der Waals surface area contributed by atoms with E-state index in [1.807, 2.05) is 0 Å². The molecule has 11 nitrogen and oxygen atoms in total. The van der Waals surface area contributed by atoms with Crippen molar-refractivity contribution in [2.24, 2.45) is 0 Å². The van der Waals surface area contributed by atoms with Gasteiger partial charge in [-0.2, -0.15) is 0 Å². The molecule has 11 heteroatoms. The van der Waals surface area contributed by atoms with Crippen LogP contribution >= 0.6 is 0 Å². The van der Waals surface area contributed by atoms with Crippen molar-refractivity contribution in [3.8, 4) is 5.75 Å². The average Bonchev–Trinajstić information content (AvgIpc) is 2.54. The van der Waals surface area contributed by atoms with E-state index in [2.05, 4.69) is 27.8 Å². The fourth-order valence-electron chi connectivity index (χ4n) is 1.63. The van der Waals surface area contributed by atoms with Gasteiger partial charge in [-0.1, -0.05) is 0 Å². The molecule has 0 N–H and O–H groups in total. The minimum absolute atomic E-state index is 0.384. The van der Waals surface area contributed by atoms with Crippen molar-refractivity contribution in [3.05, 3.63) is 42.5 Å². The van der Waals surface area contributed by atoms with Crippen LogP contribution in [0.1, 0.15) is 20.8 Å². The maximum absolute atomic E-state index is 11.1. The van der Waals surface area contributed by atoms with Gasteiger partial charge >= 0.3 is 0 Å². The quantitative estimate of drug-likeness (QED) is 0.434. The summed E-state index contributed by atoms with van der Waals surface area (Å²) in [5.74, 6) is -1.46. The number of hydrogen-bond acceptors (Lipinski definition) is 7. The molecule has 0 unspecified atom stereocenters. The molecule has 0 aromatic heterocycles. The van der Waals surface area contributed by atoms with Crippen LogP contribution in [-0.4, -0.2) is 45.9 Å². The van der Waals surface area contributed by atoms with Gasteiger partial charge in [-0.3, -0.25) is 30.3 Å². The van der Waals surface area contributed by atoms with Gasteiger partial charge < -0.3 is 9.59 Å². The number of hydrogen-bond donors (Lipinski definition) is 0. The molecule has 0 amide bonds. The van der Waals surface area contributed by atoms with E-state index in [0.717, 1.165) is 0 Å². The Morgan fingerprint density at radius 1 is 0.833 bits per heavy atom. The molecule has 0 radical (unpaired) electrons. The van der Waals surface area contributed by atoms with Crippen LogP contribution in [0.4, 0.5) is 17.1 Å². The van der Waals surface area contributed by atoms with Crippen molar-refractivity contribution < 1.29 is 24.4 Å². The first kappa shape index (κ1) is 21.2. The maximum atomic E-state index is 11.1. The largest absolute Gasteiger partial charge is 0.863 e. The van der Waals surface area contributed by atoms with Gasteiger partial charge in [0.2, 0.25) is 0 Å². The van der Waals surface area contributed by atoms with E-state index in [1.54, 1.807) is 0 Å². The van der Waals surface area contributed by atoms with Crippen molar-refractivity contribution in [3.63, 3.8) is 0 Å². The Kier molecular flexibility index (Phi) is 7.69. The Balaban J connectivity index is 0.000000561. The van der Waals surface area contributed by atoms with E-state index in [4.69, 9.17) is 0 Å². The van der Waals surface area contributed by atoms with Crippen molar-refractivity contribution >= 4 is 17.1 Å². The molecule has 134 valence electrons. The van der Waals surface area contributed by atoms with E-state index >= 15 is 0 Å². The summed E-state index contributed by atoms with van der Waals surface area (Å²) in [5, 5.41) is 42.1. The predicted octanol–water partition coefficient (Wildman–Crippen LogP) is 1.98. The lowest BCUT2D eigenvalue weighted by molar-refractivity contribution is -0.904. The molecular formula is C13H20N4O7. The Hall–Kier alpha value is -2.82. The molecule has 0 atom stereocenters. The first-order chi connectivity index (χ1) is 11.0. The molecular weight excluding hydrogens is 324 g/mol. The van der Waals surface area contributed by atoms with Gasteiger partial charge in [0.1, 0.15) is 0 Å². The van der Waals surface area contributed by atoms with E-state index in [1.165, 1.54) is 24.1 Å². The molecule has 0 saturated heterocycles. The Bertz CT molecular complexity index is 585. The first-order valence-corrected chi connectivity index (χ1v) is 7.14. The fourth-order valence-corrected chi connectivity index (χ4v) is 1.63. The van der Waals surface area contributed by atoms with Gasteiger partial charge in [0.15, 0.2) is 0 Å². The summed E-state index contributed by atoms with van der Waals surface area (Å²) in [6.07, 6.45) is 0. The van der Waals surface area contributed by atoms with Crippen LogP contribution in [0.2, 0.25) is 0 Å². The molecule has 1 aromatic carbocycles. The Morgan fingerprint density at radius 3 is 1.33 bits per heavy atom. The molecule has 0 aliphatic rings. The molecule has 1 rings (SSSR count). The van der Waals surface area contributed by atoms with Crippen LogP contribution in [-0.2, 0) is 0 Å². The maximum Gasteiger partial charge on any atom is 0.283 e. The highest BCUT2D eigenvalue weighted by Gasteiger charge is 2.24. The predicted molar refractivity (Wildman–Crippen MR) is 83.7 cm³/mol. The van der Waals surface area contributed by atoms with Gasteiger partial charge in [0.25, 0.3) is 17.1 Å². The van der Waals surface area contributed by atoms with Crippen LogP contribution < -0.4 is 5.11 Å². The lowest BCUT2D eigenvalue weighted by Gasteiger charge is -2.30. The summed E-state index contributed by atoms with van der Waals surface area (Å²) >= 11 is 0. The molecule has 0 heterocycles. The number of non-ortho nitro benzene ring substituents is 1. The van der Waals surface area contributed by atoms with E-state index in [0.29, 0.717) is 12.1 Å². The first-order valence-electron chi connectivity index (χ1n) is 7.14. The van der Waals surface area contributed by atoms with E-state index < -0.39 is 37.6 Å². The second-order valence-electron chi connectivity index (χ2n) is 5.15. The number of nitro benzene ring substituents is 3. The Morgan fingerprint density at radius 2 is 1.17 bits per heavy atom. The number of quaternary nitrogens is 1. The lowest BCUT2D eigenvalue weighted by atomic mass is 10.2. The van der Waals surface area contributed by atoms with Gasteiger partial charge in [-0.25, -0.2) is 0 Å². The molecule has 0 aliphatic carbocycles. The van der Waals surface area contributed by atoms with E-state index in [-0.39, 0.29) is 0 Å². The third-order valence-electron chi connectivity index (χ3n) is 3.93. The van der Waals surface area contributed by atoms with E-state index in [9.17, 15) is 35.4 Å². The van der Waals surface area contributed by atoms with Crippen molar-refractivity contribution in [2.75, 3.05) is 26.7 Å². The summed E-state index contributed by atoms with van der Waals surface area (Å²) in [7, 11) is 2.29. The molecule has 0 spiro atoms. The number of rotatable bonds is 6. The lowest BCUT2D eigenvalue weighted by Crippen LogP contribution is -2.42. The average molecular weight is 344 g/mol. The normalized spacial score (nSPS) is 10.5. The topological polar surface area (TPSA) is 152 Å². The monoisotopic (exact) mass is 344 g/mol. The fraction of sp³-hybridized carbons (Fsp3) is 0.538. The third kappa shape index (κ3) is 5.43. The minimum Gasteiger partial charge on any atom is -0.863 e. The van der Waals surface area contributed by atoms with Crippen molar-refractivity contribution in [1.29, 1.82) is 0 Å². The molecule has 0 saturated carbocycles. The standard InChI is InChI=1S/C7H18N.C6H3N3O7/c1-5-8(4,6-2)7-3;10-6-4(8(13)14)1-3(7(11)12)2-5(6)9(15)16/h5-7H2,1-4H3;1-2,10H/q+1;/p-1. The number of nitrogens with zero attached hydrogens (tertiary/aromatic N) is 4. The SMILES string of the molecule is CC[N+](C)(CC)CC.O=[N+]([O-])c1cc([N+](=O)[O-])c([O-])c([N+](=O)[O-])c1. The molecule has 0 aliphatic heterocycles. The second-order valence-corrected chi connectivity index (χ2v) is 5.15. The summed E-state index contributed by atoms with van der Waals surface area (Å²) in [6, 6.07) is 0.769. The van der Waals surface area contributed by atoms with Crippen LogP contribution in [0.15, 0.2) is 12.1 Å². The highest BCUT2D eigenvalue weighted by Crippen LogP contribution is 2.36. The number of benzene rings is 1. The van der Waals surface area contributed by atoms with Gasteiger partial charge in [0, 0.05) is 0 Å². The Labute approximate surface area is 138 Å². The van der Waals surface area contributed by atoms with Crippen LogP contribution in [0, 0.1) is 30.3 Å². The third-order valence-corrected chi connectivity index (χ3v) is 3.93. The zero-order valence-corrected chi connectivity index (χ0v) is 13.9. The highest BCUT2D eigenvalue weighted by molar-refractivity contribution is 5.63.